The number of nitrogens with zero attached hydrogens (tertiary/aromatic N) is 1. The predicted molar refractivity (Wildman–Crippen MR) is 105 cm³/mol. The summed E-state index contributed by atoms with van der Waals surface area (Å²) in [6.07, 6.45) is 1.87. The summed E-state index contributed by atoms with van der Waals surface area (Å²) in [6.45, 7) is 7.92. The van der Waals surface area contributed by atoms with E-state index in [4.69, 9.17) is 9.47 Å². The topological polar surface area (TPSA) is 74.7 Å². The molecule has 27 heavy (non-hydrogen) atoms. The van der Waals surface area contributed by atoms with E-state index < -0.39 is 0 Å². The minimum absolute atomic E-state index is 0.472. The Bertz CT molecular complexity index is 863. The molecule has 2 aromatic carbocycles. The van der Waals surface area contributed by atoms with E-state index in [2.05, 4.69) is 56.4 Å². The Labute approximate surface area is 159 Å². The Morgan fingerprint density at radius 1 is 1.30 bits per heavy atom. The second-order valence-electron chi connectivity index (χ2n) is 7.05. The highest BCUT2D eigenvalue weighted by atomic mass is 16.6. The Morgan fingerprint density at radius 3 is 2.48 bits per heavy atom. The zero-order chi connectivity index (χ0) is 19.4. The molecule has 4 rings (SSSR count). The molecule has 5 heteroatoms. The Morgan fingerprint density at radius 2 is 1.96 bits per heavy atom. The maximum Gasteiger partial charge on any atom is 0.211 e. The molecule has 0 saturated carbocycles. The fourth-order valence-electron chi connectivity index (χ4n) is 3.04. The van der Waals surface area contributed by atoms with Gasteiger partial charge in [0, 0.05) is 17.5 Å². The van der Waals surface area contributed by atoms with E-state index in [0.717, 1.165) is 29.0 Å². The smallest absolute Gasteiger partial charge is 0.211 e. The number of nitriles is 1. The van der Waals surface area contributed by atoms with Gasteiger partial charge in [-0.25, -0.2) is 0 Å². The summed E-state index contributed by atoms with van der Waals surface area (Å²) in [5, 5.41) is 12.0. The van der Waals surface area contributed by atoms with E-state index in [0.29, 0.717) is 42.7 Å². The largest absolute Gasteiger partial charge is 0.492 e. The molecule has 0 bridgehead atoms. The van der Waals surface area contributed by atoms with Crippen LogP contribution < -0.4 is 10.1 Å². The summed E-state index contributed by atoms with van der Waals surface area (Å²) in [6, 6.07) is 12.3. The van der Waals surface area contributed by atoms with Crippen molar-refractivity contribution in [3.05, 3.63) is 47.0 Å². The van der Waals surface area contributed by atoms with Gasteiger partial charge < -0.3 is 14.8 Å². The number of rotatable bonds is 4. The minimum atomic E-state index is 0.472. The van der Waals surface area contributed by atoms with E-state index in [9.17, 15) is 10.1 Å². The standard InChI is InChI=1S/C19H18N2O2.C3H6O/c1-12(2)13-3-5-14(6-4-13)16-9-18(21-11-22)17(10-20)15-7-8-23-19(15)16;1-3-2-4-3/h3-6,9,11-12H,7-8H2,1-2H3,(H,21,22);3H,2H2,1H3. The van der Waals surface area contributed by atoms with Crippen molar-refractivity contribution in [3.63, 3.8) is 0 Å². The van der Waals surface area contributed by atoms with Crippen LogP contribution in [-0.2, 0) is 16.0 Å². The first-order valence-electron chi connectivity index (χ1n) is 9.20. The quantitative estimate of drug-likeness (QED) is 0.650. The van der Waals surface area contributed by atoms with E-state index in [1.807, 2.05) is 6.07 Å². The number of amides is 1. The van der Waals surface area contributed by atoms with Crippen LogP contribution in [0, 0.1) is 11.3 Å². The number of nitrogens with one attached hydrogen (secondary N) is 1. The molecule has 1 unspecified atom stereocenters. The lowest BCUT2D eigenvalue weighted by atomic mass is 9.94. The molecule has 2 aliphatic rings. The second-order valence-corrected chi connectivity index (χ2v) is 7.05. The summed E-state index contributed by atoms with van der Waals surface area (Å²) >= 11 is 0. The van der Waals surface area contributed by atoms with Gasteiger partial charge in [-0.2, -0.15) is 5.26 Å². The van der Waals surface area contributed by atoms with Crippen molar-refractivity contribution in [2.75, 3.05) is 18.5 Å². The lowest BCUT2D eigenvalue weighted by molar-refractivity contribution is -0.105. The second kappa shape index (κ2) is 8.24. The zero-order valence-corrected chi connectivity index (χ0v) is 15.9. The highest BCUT2D eigenvalue weighted by Crippen LogP contribution is 2.42. The van der Waals surface area contributed by atoms with Crippen LogP contribution in [-0.4, -0.2) is 25.7 Å². The fourth-order valence-corrected chi connectivity index (χ4v) is 3.04. The number of ether oxygens (including phenoxy) is 2. The number of carbonyl (C=O) groups is 1. The summed E-state index contributed by atoms with van der Waals surface area (Å²) in [5.74, 6) is 1.23. The molecule has 0 aliphatic carbocycles. The van der Waals surface area contributed by atoms with Gasteiger partial charge in [0.25, 0.3) is 0 Å². The van der Waals surface area contributed by atoms with E-state index in [-0.39, 0.29) is 0 Å². The average Bonchev–Trinajstić information content (AvgIpc) is 3.30. The van der Waals surface area contributed by atoms with Gasteiger partial charge in [-0.1, -0.05) is 38.1 Å². The van der Waals surface area contributed by atoms with Crippen LogP contribution in [0.1, 0.15) is 43.4 Å². The van der Waals surface area contributed by atoms with Crippen LogP contribution in [0.15, 0.2) is 30.3 Å². The third-order valence-corrected chi connectivity index (χ3v) is 4.69. The SMILES string of the molecule is CC(C)c1ccc(-c2cc(NC=O)c(C#N)c3c2OCC3)cc1.CC1CO1. The van der Waals surface area contributed by atoms with Gasteiger partial charge in [0.05, 0.1) is 30.6 Å². The van der Waals surface area contributed by atoms with Crippen LogP contribution >= 0.6 is 0 Å². The molecule has 1 amide bonds. The van der Waals surface area contributed by atoms with Gasteiger partial charge in [0.2, 0.25) is 6.41 Å². The number of fused-ring (bicyclic) bond motifs is 1. The molecule has 1 atom stereocenters. The molecule has 2 aliphatic heterocycles. The van der Waals surface area contributed by atoms with Crippen molar-refractivity contribution in [2.24, 2.45) is 0 Å². The van der Waals surface area contributed by atoms with Crippen LogP contribution in [0.25, 0.3) is 11.1 Å². The first kappa shape index (κ1) is 18.9. The minimum Gasteiger partial charge on any atom is -0.492 e. The molecular weight excluding hydrogens is 340 g/mol. The van der Waals surface area contributed by atoms with Gasteiger partial charge in [0.1, 0.15) is 11.8 Å². The highest BCUT2D eigenvalue weighted by molar-refractivity contribution is 5.85. The molecule has 5 nitrogen and oxygen atoms in total. The van der Waals surface area contributed by atoms with Gasteiger partial charge in [-0.05, 0) is 30.0 Å². The molecule has 0 aromatic heterocycles. The summed E-state index contributed by atoms with van der Waals surface area (Å²) in [7, 11) is 0. The van der Waals surface area contributed by atoms with Crippen LogP contribution in [0.2, 0.25) is 0 Å². The molecule has 1 fully saturated rings. The number of hydrogen-bond acceptors (Lipinski definition) is 4. The van der Waals surface area contributed by atoms with Crippen molar-refractivity contribution in [2.45, 2.75) is 39.2 Å². The average molecular weight is 364 g/mol. The molecule has 2 aromatic rings. The van der Waals surface area contributed by atoms with Crippen LogP contribution in [0.4, 0.5) is 5.69 Å². The third-order valence-electron chi connectivity index (χ3n) is 4.69. The Kier molecular flexibility index (Phi) is 5.78. The third kappa shape index (κ3) is 4.29. The lowest BCUT2D eigenvalue weighted by Gasteiger charge is -2.14. The molecule has 0 radical (unpaired) electrons. The van der Waals surface area contributed by atoms with Gasteiger partial charge in [0.15, 0.2) is 0 Å². The lowest BCUT2D eigenvalue weighted by Crippen LogP contribution is -2.00. The van der Waals surface area contributed by atoms with Crippen LogP contribution in [0.5, 0.6) is 5.75 Å². The number of hydrogen-bond donors (Lipinski definition) is 1. The zero-order valence-electron chi connectivity index (χ0n) is 15.9. The number of benzene rings is 2. The molecule has 1 saturated heterocycles. The summed E-state index contributed by atoms with van der Waals surface area (Å²) in [4.78, 5) is 10.9. The Hall–Kier alpha value is -2.84. The predicted octanol–water partition coefficient (Wildman–Crippen LogP) is 4.26. The molecule has 2 heterocycles. The summed E-state index contributed by atoms with van der Waals surface area (Å²) < 4.78 is 10.5. The van der Waals surface area contributed by atoms with Crippen molar-refractivity contribution < 1.29 is 14.3 Å². The van der Waals surface area contributed by atoms with Crippen LogP contribution in [0.3, 0.4) is 0 Å². The van der Waals surface area contributed by atoms with E-state index in [1.54, 1.807) is 0 Å². The van der Waals surface area contributed by atoms with Crippen molar-refractivity contribution in [1.82, 2.24) is 0 Å². The van der Waals surface area contributed by atoms with Gasteiger partial charge in [-0.15, -0.1) is 0 Å². The maximum atomic E-state index is 10.9. The molecule has 0 spiro atoms. The van der Waals surface area contributed by atoms with E-state index >= 15 is 0 Å². The van der Waals surface area contributed by atoms with E-state index in [1.165, 1.54) is 5.56 Å². The normalized spacial score (nSPS) is 16.5. The molecule has 140 valence electrons. The first-order valence-corrected chi connectivity index (χ1v) is 9.20. The summed E-state index contributed by atoms with van der Waals surface area (Å²) in [5.41, 5.74) is 5.11. The first-order chi connectivity index (χ1) is 13.0. The van der Waals surface area contributed by atoms with Crippen molar-refractivity contribution in [3.8, 4) is 22.9 Å². The van der Waals surface area contributed by atoms with Crippen molar-refractivity contribution >= 4 is 12.1 Å². The number of anilines is 1. The molecular formula is C22H24N2O3. The highest BCUT2D eigenvalue weighted by Gasteiger charge is 2.24. The Balaban J connectivity index is 0.000000466. The number of carbonyl (C=O) groups excluding carboxylic acids is 1. The van der Waals surface area contributed by atoms with Crippen molar-refractivity contribution in [1.29, 1.82) is 5.26 Å². The fraction of sp³-hybridized carbons (Fsp3) is 0.364. The monoisotopic (exact) mass is 364 g/mol. The maximum absolute atomic E-state index is 10.9. The van der Waals surface area contributed by atoms with Gasteiger partial charge in [-0.3, -0.25) is 4.79 Å². The molecule has 1 N–H and O–H groups in total. The van der Waals surface area contributed by atoms with Gasteiger partial charge >= 0.3 is 0 Å². The number of epoxide rings is 1.